The monoisotopic (exact) mass is 335 g/mol. The summed E-state index contributed by atoms with van der Waals surface area (Å²) in [5, 5.41) is 1.10. The lowest BCUT2D eigenvalue weighted by molar-refractivity contribution is 0.415. The number of nitrogens with zero attached hydrogens (tertiary/aromatic N) is 1. The molecule has 0 saturated carbocycles. The Morgan fingerprint density at radius 2 is 2.13 bits per heavy atom. The van der Waals surface area contributed by atoms with Crippen molar-refractivity contribution in [3.8, 4) is 5.75 Å². The van der Waals surface area contributed by atoms with Crippen LogP contribution in [-0.2, 0) is 0 Å². The molecule has 0 unspecified atom stereocenters. The summed E-state index contributed by atoms with van der Waals surface area (Å²) in [7, 11) is 1.68. The summed E-state index contributed by atoms with van der Waals surface area (Å²) in [6.45, 7) is 4.12. The minimum absolute atomic E-state index is 0.895. The van der Waals surface area contributed by atoms with Crippen LogP contribution in [0, 0.1) is 6.92 Å². The highest BCUT2D eigenvalue weighted by Gasteiger charge is 2.00. The molecule has 2 nitrogen and oxygen atoms in total. The quantitative estimate of drug-likeness (QED) is 0.579. The Balaban J connectivity index is 0.000000337. The molecule has 4 heteroatoms. The standard InChI is InChI=1S/C9H9NOS.C2H5I/c1-6-10-8-4-3-7(11-2)5-9(8)12-6;1-2-3/h3-5H,1-2H3;2H2,1H3. The first-order valence-corrected chi connectivity index (χ1v) is 7.02. The van der Waals surface area contributed by atoms with E-state index in [1.165, 1.54) is 9.13 Å². The van der Waals surface area contributed by atoms with Gasteiger partial charge in [0, 0.05) is 0 Å². The second kappa shape index (κ2) is 6.27. The molecule has 0 aliphatic heterocycles. The van der Waals surface area contributed by atoms with Gasteiger partial charge in [-0.2, -0.15) is 0 Å². The molecule has 0 radical (unpaired) electrons. The lowest BCUT2D eigenvalue weighted by Crippen LogP contribution is -1.80. The number of methoxy groups -OCH3 is 1. The zero-order valence-electron chi connectivity index (χ0n) is 9.08. The third-order valence-corrected chi connectivity index (χ3v) is 2.64. The first-order chi connectivity index (χ1) is 7.21. The second-order valence-corrected chi connectivity index (χ2v) is 5.59. The number of aryl methyl sites for hydroxylation is 1. The highest BCUT2D eigenvalue weighted by atomic mass is 127. The van der Waals surface area contributed by atoms with E-state index in [0.29, 0.717) is 0 Å². The number of aromatic nitrogens is 1. The fraction of sp³-hybridized carbons (Fsp3) is 0.364. The van der Waals surface area contributed by atoms with Gasteiger partial charge in [0.05, 0.1) is 22.3 Å². The minimum Gasteiger partial charge on any atom is -0.497 e. The van der Waals surface area contributed by atoms with Gasteiger partial charge in [0.15, 0.2) is 0 Å². The van der Waals surface area contributed by atoms with Crippen LogP contribution >= 0.6 is 33.9 Å². The van der Waals surface area contributed by atoms with Crippen LogP contribution < -0.4 is 4.74 Å². The Morgan fingerprint density at radius 3 is 2.73 bits per heavy atom. The maximum atomic E-state index is 5.11. The summed E-state index contributed by atoms with van der Waals surface area (Å²) < 4.78 is 7.52. The van der Waals surface area contributed by atoms with Crippen molar-refractivity contribution in [2.75, 3.05) is 11.5 Å². The molecule has 0 aliphatic rings. The van der Waals surface area contributed by atoms with Gasteiger partial charge in [0.2, 0.25) is 0 Å². The van der Waals surface area contributed by atoms with Gasteiger partial charge in [-0.25, -0.2) is 4.98 Å². The van der Waals surface area contributed by atoms with Crippen molar-refractivity contribution in [3.05, 3.63) is 23.2 Å². The number of benzene rings is 1. The predicted octanol–water partition coefficient (Wildman–Crippen LogP) is 4.05. The predicted molar refractivity (Wildman–Crippen MR) is 75.5 cm³/mol. The largest absolute Gasteiger partial charge is 0.497 e. The molecule has 2 aromatic rings. The number of hydrogen-bond acceptors (Lipinski definition) is 3. The Hall–Kier alpha value is -0.360. The molecule has 1 heterocycles. The number of ether oxygens (including phenoxy) is 1. The molecule has 0 N–H and O–H groups in total. The Kier molecular flexibility index (Phi) is 5.31. The topological polar surface area (TPSA) is 22.1 Å². The number of rotatable bonds is 1. The molecular weight excluding hydrogens is 321 g/mol. The van der Waals surface area contributed by atoms with E-state index in [0.717, 1.165) is 16.3 Å². The Morgan fingerprint density at radius 1 is 1.47 bits per heavy atom. The van der Waals surface area contributed by atoms with Gasteiger partial charge < -0.3 is 4.74 Å². The van der Waals surface area contributed by atoms with Crippen molar-refractivity contribution < 1.29 is 4.74 Å². The lowest BCUT2D eigenvalue weighted by atomic mass is 10.3. The molecule has 0 spiro atoms. The third-order valence-electron chi connectivity index (χ3n) is 1.70. The Bertz CT molecular complexity index is 427. The summed E-state index contributed by atoms with van der Waals surface area (Å²) in [5.74, 6) is 0.895. The maximum absolute atomic E-state index is 5.11. The van der Waals surface area contributed by atoms with E-state index in [9.17, 15) is 0 Å². The molecule has 2 rings (SSSR count). The van der Waals surface area contributed by atoms with Crippen LogP contribution in [0.4, 0.5) is 0 Å². The molecule has 15 heavy (non-hydrogen) atoms. The van der Waals surface area contributed by atoms with Gasteiger partial charge >= 0.3 is 0 Å². The number of thiazole rings is 1. The summed E-state index contributed by atoms with van der Waals surface area (Å²) in [5.41, 5.74) is 1.05. The van der Waals surface area contributed by atoms with Crippen LogP contribution in [0.25, 0.3) is 10.2 Å². The molecule has 82 valence electrons. The first kappa shape index (κ1) is 12.7. The van der Waals surface area contributed by atoms with E-state index in [4.69, 9.17) is 4.74 Å². The van der Waals surface area contributed by atoms with Crippen molar-refractivity contribution in [1.82, 2.24) is 4.98 Å². The summed E-state index contributed by atoms with van der Waals surface area (Å²) >= 11 is 3.98. The van der Waals surface area contributed by atoms with Crippen molar-refractivity contribution in [2.45, 2.75) is 13.8 Å². The SMILES string of the molecule is CCI.COc1ccc2nc(C)sc2c1. The summed E-state index contributed by atoms with van der Waals surface area (Å²) in [6.07, 6.45) is 0. The molecule has 0 amide bonds. The van der Waals surface area contributed by atoms with Crippen LogP contribution in [0.15, 0.2) is 18.2 Å². The van der Waals surface area contributed by atoms with E-state index in [-0.39, 0.29) is 0 Å². The molecule has 0 aliphatic carbocycles. The lowest BCUT2D eigenvalue weighted by Gasteiger charge is -1.96. The number of fused-ring (bicyclic) bond motifs is 1. The van der Waals surface area contributed by atoms with E-state index >= 15 is 0 Å². The van der Waals surface area contributed by atoms with Crippen LogP contribution in [0.2, 0.25) is 0 Å². The molecule has 1 aromatic heterocycles. The average Bonchev–Trinajstić information content (AvgIpc) is 2.57. The second-order valence-electron chi connectivity index (χ2n) is 2.83. The van der Waals surface area contributed by atoms with Gasteiger partial charge in [0.25, 0.3) is 0 Å². The molecule has 0 fully saturated rings. The molecule has 0 bridgehead atoms. The van der Waals surface area contributed by atoms with Gasteiger partial charge in [0.1, 0.15) is 5.75 Å². The van der Waals surface area contributed by atoms with E-state index in [2.05, 4.69) is 34.5 Å². The van der Waals surface area contributed by atoms with E-state index < -0.39 is 0 Å². The number of halogens is 1. The van der Waals surface area contributed by atoms with E-state index in [1.54, 1.807) is 18.4 Å². The van der Waals surface area contributed by atoms with Gasteiger partial charge in [-0.3, -0.25) is 0 Å². The summed E-state index contributed by atoms with van der Waals surface area (Å²) in [6, 6.07) is 5.93. The van der Waals surface area contributed by atoms with Crippen LogP contribution in [0.5, 0.6) is 5.75 Å². The van der Waals surface area contributed by atoms with Crippen LogP contribution in [0.3, 0.4) is 0 Å². The van der Waals surface area contributed by atoms with E-state index in [1.807, 2.05) is 25.1 Å². The number of hydrogen-bond donors (Lipinski definition) is 0. The molecule has 0 saturated heterocycles. The fourth-order valence-corrected chi connectivity index (χ4v) is 2.00. The molecule has 0 atom stereocenters. The highest BCUT2D eigenvalue weighted by molar-refractivity contribution is 14.1. The Labute approximate surface area is 108 Å². The smallest absolute Gasteiger partial charge is 0.120 e. The van der Waals surface area contributed by atoms with Gasteiger partial charge in [-0.15, -0.1) is 11.3 Å². The minimum atomic E-state index is 0.895. The normalized spacial score (nSPS) is 9.60. The average molecular weight is 335 g/mol. The van der Waals surface area contributed by atoms with Crippen molar-refractivity contribution >= 4 is 44.1 Å². The van der Waals surface area contributed by atoms with Crippen molar-refractivity contribution in [3.63, 3.8) is 0 Å². The van der Waals surface area contributed by atoms with Crippen molar-refractivity contribution in [1.29, 1.82) is 0 Å². The molecule has 1 aromatic carbocycles. The summed E-state index contributed by atoms with van der Waals surface area (Å²) in [4.78, 5) is 4.35. The van der Waals surface area contributed by atoms with Crippen molar-refractivity contribution in [2.24, 2.45) is 0 Å². The van der Waals surface area contributed by atoms with Crippen LogP contribution in [0.1, 0.15) is 11.9 Å². The van der Waals surface area contributed by atoms with Crippen LogP contribution in [-0.4, -0.2) is 16.5 Å². The zero-order chi connectivity index (χ0) is 11.3. The number of alkyl halides is 1. The fourth-order valence-electron chi connectivity index (χ4n) is 1.15. The zero-order valence-corrected chi connectivity index (χ0v) is 12.1. The first-order valence-electron chi connectivity index (χ1n) is 4.68. The maximum Gasteiger partial charge on any atom is 0.120 e. The molecular formula is C11H14INOS. The third kappa shape index (κ3) is 3.61. The highest BCUT2D eigenvalue weighted by Crippen LogP contribution is 2.25. The van der Waals surface area contributed by atoms with Gasteiger partial charge in [-0.05, 0) is 29.6 Å². The van der Waals surface area contributed by atoms with Gasteiger partial charge in [-0.1, -0.05) is 29.5 Å².